The summed E-state index contributed by atoms with van der Waals surface area (Å²) in [4.78, 5) is 37.1. The fraction of sp³-hybridized carbons (Fsp3) is 0.885. The molecule has 1 aliphatic carbocycles. The van der Waals surface area contributed by atoms with Gasteiger partial charge in [-0.1, -0.05) is 47.5 Å². The number of carbonyl (C=O) groups excluding carboxylic acids is 2. The predicted molar refractivity (Wildman–Crippen MR) is 141 cm³/mol. The van der Waals surface area contributed by atoms with Crippen molar-refractivity contribution in [2.45, 2.75) is 130 Å². The second kappa shape index (κ2) is 12.1. The van der Waals surface area contributed by atoms with Crippen molar-refractivity contribution in [3.63, 3.8) is 0 Å². The maximum atomic E-state index is 12.6. The maximum Gasteiger partial charge on any atom is 0.407 e. The van der Waals surface area contributed by atoms with Crippen molar-refractivity contribution < 1.29 is 28.7 Å². The van der Waals surface area contributed by atoms with E-state index in [0.717, 1.165) is 12.8 Å². The minimum Gasteiger partial charge on any atom is -0.481 e. The highest BCUT2D eigenvalue weighted by Gasteiger charge is 2.55. The van der Waals surface area contributed by atoms with E-state index in [1.54, 1.807) is 20.8 Å². The largest absolute Gasteiger partial charge is 0.481 e. The Bertz CT molecular complexity index is 739. The van der Waals surface area contributed by atoms with Gasteiger partial charge in [0.05, 0.1) is 18.1 Å². The summed E-state index contributed by atoms with van der Waals surface area (Å²) in [6, 6.07) is -0.778. The van der Waals surface area contributed by atoms with Gasteiger partial charge < -0.3 is 24.9 Å². The van der Waals surface area contributed by atoms with Gasteiger partial charge in [-0.25, -0.2) is 4.79 Å². The van der Waals surface area contributed by atoms with Gasteiger partial charge >= 0.3 is 12.1 Å². The summed E-state index contributed by atoms with van der Waals surface area (Å²) in [6.45, 7) is 21.8. The number of aliphatic carboxylic acids is 1. The summed E-state index contributed by atoms with van der Waals surface area (Å²) in [7, 11) is -2.36. The Hall–Kier alpha value is -1.61. The lowest BCUT2D eigenvalue weighted by Crippen LogP contribution is -2.66. The summed E-state index contributed by atoms with van der Waals surface area (Å²) in [5.74, 6) is -1.89. The molecule has 3 N–H and O–H groups in total. The molecule has 0 spiro atoms. The number of alkyl carbamates (subject to hydrolysis) is 1. The van der Waals surface area contributed by atoms with Gasteiger partial charge in [0.1, 0.15) is 5.60 Å². The van der Waals surface area contributed by atoms with Crippen LogP contribution in [0, 0.1) is 17.8 Å². The van der Waals surface area contributed by atoms with Crippen LogP contribution in [0.15, 0.2) is 0 Å². The van der Waals surface area contributed by atoms with Crippen LogP contribution in [0.1, 0.15) is 88.0 Å². The van der Waals surface area contributed by atoms with Crippen LogP contribution in [-0.2, 0) is 18.8 Å². The molecule has 9 heteroatoms. The van der Waals surface area contributed by atoms with E-state index in [9.17, 15) is 19.5 Å². The Labute approximate surface area is 213 Å². The van der Waals surface area contributed by atoms with Gasteiger partial charge in [-0.2, -0.15) is 0 Å². The van der Waals surface area contributed by atoms with Crippen LogP contribution in [0.4, 0.5) is 4.79 Å². The third-order valence-electron chi connectivity index (χ3n) is 7.60. The molecular formula is C26H50N2O6Si. The molecule has 1 aliphatic rings. The highest BCUT2D eigenvalue weighted by atomic mass is 28.4. The predicted octanol–water partition coefficient (Wildman–Crippen LogP) is 5.32. The molecule has 0 saturated heterocycles. The molecule has 0 radical (unpaired) electrons. The zero-order valence-corrected chi connectivity index (χ0v) is 24.8. The highest BCUT2D eigenvalue weighted by Crippen LogP contribution is 2.45. The minimum absolute atomic E-state index is 0.114. The summed E-state index contributed by atoms with van der Waals surface area (Å²) in [5.41, 5.74) is -0.666. The van der Waals surface area contributed by atoms with Crippen molar-refractivity contribution in [1.82, 2.24) is 10.6 Å². The molecule has 1 rings (SSSR count). The molecule has 35 heavy (non-hydrogen) atoms. The van der Waals surface area contributed by atoms with Crippen LogP contribution in [0.3, 0.4) is 0 Å². The van der Waals surface area contributed by atoms with Gasteiger partial charge in [-0.3, -0.25) is 9.59 Å². The summed E-state index contributed by atoms with van der Waals surface area (Å²) in [6.07, 6.45) is 1.77. The summed E-state index contributed by atoms with van der Waals surface area (Å²) in [5, 5.41) is 15.9. The maximum absolute atomic E-state index is 12.6. The van der Waals surface area contributed by atoms with E-state index >= 15 is 0 Å². The smallest absolute Gasteiger partial charge is 0.407 e. The molecule has 0 aromatic heterocycles. The van der Waals surface area contributed by atoms with Gasteiger partial charge in [0.2, 0.25) is 5.91 Å². The number of nitrogens with one attached hydrogen (secondary N) is 2. The number of carboxylic acids is 1. The third kappa shape index (κ3) is 9.08. The van der Waals surface area contributed by atoms with Crippen molar-refractivity contribution in [3.8, 4) is 0 Å². The van der Waals surface area contributed by atoms with E-state index in [1.165, 1.54) is 6.92 Å². The molecule has 1 fully saturated rings. The standard InChI is InChI=1S/C26H50N2O6Si/c1-12-17(13-2)14-20(27-16(3)29)22(34-35(10,11)26(7,8)9)21-18(23(30)31)15-19(21)28-24(32)33-25(4,5)6/h17-22H,12-15H2,1-11H3,(H,27,29)(H,28,32)(H,30,31)/t18-,19-,20?,21+,22+/m1/s1. The zero-order valence-electron chi connectivity index (χ0n) is 23.8. The summed E-state index contributed by atoms with van der Waals surface area (Å²) < 4.78 is 12.4. The van der Waals surface area contributed by atoms with Crippen LogP contribution in [0.2, 0.25) is 18.1 Å². The Kier molecular flexibility index (Phi) is 10.8. The Morgan fingerprint density at radius 2 is 1.60 bits per heavy atom. The molecule has 204 valence electrons. The number of ether oxygens (including phenoxy) is 1. The van der Waals surface area contributed by atoms with Gasteiger partial charge in [0, 0.05) is 18.9 Å². The van der Waals surface area contributed by atoms with Crippen LogP contribution in [0.5, 0.6) is 0 Å². The lowest BCUT2D eigenvalue weighted by Gasteiger charge is -2.52. The lowest BCUT2D eigenvalue weighted by molar-refractivity contribution is -0.154. The first-order valence-corrected chi connectivity index (χ1v) is 15.9. The normalized spacial score (nSPS) is 22.7. The average Bonchev–Trinajstić information content (AvgIpc) is 2.64. The first kappa shape index (κ1) is 31.4. The molecular weight excluding hydrogens is 464 g/mol. The molecule has 0 heterocycles. The Balaban J connectivity index is 3.47. The first-order chi connectivity index (χ1) is 15.8. The SMILES string of the molecule is CCC(CC)CC(NC(C)=O)[C@H](O[Si](C)(C)C(C)(C)C)[C@@H]1[C@H](NC(=O)OC(C)(C)C)C[C@H]1C(=O)O. The van der Waals surface area contributed by atoms with Gasteiger partial charge in [-0.05, 0) is 57.7 Å². The van der Waals surface area contributed by atoms with E-state index in [-0.39, 0.29) is 17.0 Å². The second-order valence-electron chi connectivity index (χ2n) is 12.6. The van der Waals surface area contributed by atoms with E-state index in [4.69, 9.17) is 9.16 Å². The molecule has 1 unspecified atom stereocenters. The molecule has 0 bridgehead atoms. The molecule has 0 aromatic rings. The number of carbonyl (C=O) groups is 3. The molecule has 0 aromatic carbocycles. The van der Waals surface area contributed by atoms with Gasteiger partial charge in [0.25, 0.3) is 0 Å². The number of rotatable bonds is 11. The van der Waals surface area contributed by atoms with E-state index in [2.05, 4.69) is 58.3 Å². The molecule has 8 nitrogen and oxygen atoms in total. The first-order valence-electron chi connectivity index (χ1n) is 13.0. The van der Waals surface area contributed by atoms with Crippen molar-refractivity contribution in [1.29, 1.82) is 0 Å². The second-order valence-corrected chi connectivity index (χ2v) is 17.3. The monoisotopic (exact) mass is 514 g/mol. The van der Waals surface area contributed by atoms with Crippen LogP contribution in [0.25, 0.3) is 0 Å². The Morgan fingerprint density at radius 1 is 1.06 bits per heavy atom. The Morgan fingerprint density at radius 3 is 2.00 bits per heavy atom. The fourth-order valence-corrected chi connectivity index (χ4v) is 5.83. The number of hydrogen-bond donors (Lipinski definition) is 3. The number of amides is 2. The quantitative estimate of drug-likeness (QED) is 0.322. The molecule has 1 saturated carbocycles. The summed E-state index contributed by atoms with van der Waals surface area (Å²) >= 11 is 0. The topological polar surface area (TPSA) is 114 Å². The molecule has 5 atom stereocenters. The van der Waals surface area contributed by atoms with E-state index in [0.29, 0.717) is 18.8 Å². The molecule has 2 amide bonds. The lowest BCUT2D eigenvalue weighted by atomic mass is 9.64. The molecule has 0 aliphatic heterocycles. The van der Waals surface area contributed by atoms with Crippen molar-refractivity contribution in [2.75, 3.05) is 0 Å². The van der Waals surface area contributed by atoms with Crippen LogP contribution >= 0.6 is 0 Å². The van der Waals surface area contributed by atoms with E-state index < -0.39 is 50.0 Å². The van der Waals surface area contributed by atoms with Crippen molar-refractivity contribution in [2.24, 2.45) is 17.8 Å². The zero-order chi connectivity index (χ0) is 27.4. The third-order valence-corrected chi connectivity index (χ3v) is 12.1. The van der Waals surface area contributed by atoms with Crippen molar-refractivity contribution in [3.05, 3.63) is 0 Å². The number of carboxylic acid groups (broad SMARTS) is 1. The average molecular weight is 515 g/mol. The van der Waals surface area contributed by atoms with Crippen molar-refractivity contribution >= 4 is 26.3 Å². The van der Waals surface area contributed by atoms with Gasteiger partial charge in [0.15, 0.2) is 8.32 Å². The van der Waals surface area contributed by atoms with Crippen LogP contribution < -0.4 is 10.6 Å². The fourth-order valence-electron chi connectivity index (χ4n) is 4.47. The minimum atomic E-state index is -2.36. The van der Waals surface area contributed by atoms with Crippen LogP contribution in [-0.4, -0.2) is 55.2 Å². The van der Waals surface area contributed by atoms with Gasteiger partial charge in [-0.15, -0.1) is 0 Å². The number of hydrogen-bond acceptors (Lipinski definition) is 5. The van der Waals surface area contributed by atoms with E-state index in [1.807, 2.05) is 0 Å². The highest BCUT2D eigenvalue weighted by molar-refractivity contribution is 6.74.